The average molecular weight is 221 g/mol. The molecule has 1 aliphatic carbocycles. The van der Waals surface area contributed by atoms with E-state index in [2.05, 4.69) is 4.98 Å². The molecule has 1 fully saturated rings. The zero-order valence-electron chi connectivity index (χ0n) is 10.0. The predicted molar refractivity (Wildman–Crippen MR) is 62.7 cm³/mol. The third-order valence-electron chi connectivity index (χ3n) is 2.60. The number of pyridine rings is 1. The van der Waals surface area contributed by atoms with Gasteiger partial charge in [0.15, 0.2) is 0 Å². The number of hydrogen-bond donors (Lipinski definition) is 0. The average Bonchev–Trinajstić information content (AvgIpc) is 2.99. The Kier molecular flexibility index (Phi) is 3.78. The van der Waals surface area contributed by atoms with E-state index in [0.717, 1.165) is 29.7 Å². The van der Waals surface area contributed by atoms with Crippen LogP contribution < -0.4 is 4.74 Å². The van der Waals surface area contributed by atoms with E-state index < -0.39 is 0 Å². The molecule has 1 aliphatic rings. The third-order valence-corrected chi connectivity index (χ3v) is 2.60. The molecule has 0 amide bonds. The first kappa shape index (κ1) is 11.4. The van der Waals surface area contributed by atoms with Crippen molar-refractivity contribution >= 4 is 0 Å². The summed E-state index contributed by atoms with van der Waals surface area (Å²) in [5, 5.41) is 0. The van der Waals surface area contributed by atoms with Crippen molar-refractivity contribution in [2.45, 2.75) is 26.7 Å². The standard InChI is InChI=1S/C13H19NO2/c1-10-7-13(8-11(2)14-10)16-6-5-15-9-12-3-4-12/h7-8,12H,3-6,9H2,1-2H3. The highest BCUT2D eigenvalue weighted by Crippen LogP contribution is 2.28. The van der Waals surface area contributed by atoms with Gasteiger partial charge in [0.05, 0.1) is 6.61 Å². The fraction of sp³-hybridized carbons (Fsp3) is 0.615. The van der Waals surface area contributed by atoms with E-state index in [1.165, 1.54) is 12.8 Å². The second-order valence-electron chi connectivity index (χ2n) is 4.45. The van der Waals surface area contributed by atoms with E-state index in [4.69, 9.17) is 9.47 Å². The largest absolute Gasteiger partial charge is 0.491 e. The summed E-state index contributed by atoms with van der Waals surface area (Å²) in [6, 6.07) is 3.90. The molecule has 3 nitrogen and oxygen atoms in total. The van der Waals surface area contributed by atoms with Crippen LogP contribution in [-0.2, 0) is 4.74 Å². The van der Waals surface area contributed by atoms with Crippen molar-refractivity contribution in [1.29, 1.82) is 0 Å². The second-order valence-corrected chi connectivity index (χ2v) is 4.45. The van der Waals surface area contributed by atoms with Crippen LogP contribution in [0, 0.1) is 19.8 Å². The van der Waals surface area contributed by atoms with E-state index in [-0.39, 0.29) is 0 Å². The highest BCUT2D eigenvalue weighted by Gasteiger charge is 2.20. The molecule has 0 bridgehead atoms. The predicted octanol–water partition coefficient (Wildman–Crippen LogP) is 2.50. The first-order chi connectivity index (χ1) is 7.74. The van der Waals surface area contributed by atoms with Crippen LogP contribution in [0.4, 0.5) is 0 Å². The van der Waals surface area contributed by atoms with Gasteiger partial charge in [0.25, 0.3) is 0 Å². The van der Waals surface area contributed by atoms with E-state index in [0.29, 0.717) is 13.2 Å². The van der Waals surface area contributed by atoms with Crippen LogP contribution in [0.15, 0.2) is 12.1 Å². The lowest BCUT2D eigenvalue weighted by Gasteiger charge is -2.08. The van der Waals surface area contributed by atoms with E-state index in [9.17, 15) is 0 Å². The molecule has 88 valence electrons. The maximum absolute atomic E-state index is 5.60. The number of ether oxygens (including phenoxy) is 2. The van der Waals surface area contributed by atoms with Crippen LogP contribution in [0.5, 0.6) is 5.75 Å². The van der Waals surface area contributed by atoms with Crippen molar-refractivity contribution in [3.05, 3.63) is 23.5 Å². The normalized spacial score (nSPS) is 15.1. The Morgan fingerprint density at radius 3 is 2.50 bits per heavy atom. The number of aryl methyl sites for hydroxylation is 2. The number of rotatable bonds is 6. The van der Waals surface area contributed by atoms with Gasteiger partial charge in [0, 0.05) is 30.1 Å². The van der Waals surface area contributed by atoms with Gasteiger partial charge in [-0.3, -0.25) is 4.98 Å². The molecule has 2 rings (SSSR count). The summed E-state index contributed by atoms with van der Waals surface area (Å²) in [7, 11) is 0. The van der Waals surface area contributed by atoms with Crippen molar-refractivity contribution < 1.29 is 9.47 Å². The van der Waals surface area contributed by atoms with Gasteiger partial charge in [-0.25, -0.2) is 0 Å². The van der Waals surface area contributed by atoms with Gasteiger partial charge < -0.3 is 9.47 Å². The summed E-state index contributed by atoms with van der Waals surface area (Å²) in [5.74, 6) is 1.71. The number of hydrogen-bond acceptors (Lipinski definition) is 3. The Hall–Kier alpha value is -1.09. The van der Waals surface area contributed by atoms with Crippen LogP contribution in [0.1, 0.15) is 24.2 Å². The molecular formula is C13H19NO2. The molecule has 0 spiro atoms. The van der Waals surface area contributed by atoms with Crippen molar-refractivity contribution in [2.24, 2.45) is 5.92 Å². The minimum Gasteiger partial charge on any atom is -0.491 e. The maximum atomic E-state index is 5.60. The van der Waals surface area contributed by atoms with Gasteiger partial charge in [-0.2, -0.15) is 0 Å². The second kappa shape index (κ2) is 5.30. The lowest BCUT2D eigenvalue weighted by atomic mass is 10.3. The monoisotopic (exact) mass is 221 g/mol. The molecule has 0 atom stereocenters. The molecule has 0 unspecified atom stereocenters. The summed E-state index contributed by atoms with van der Waals surface area (Å²) < 4.78 is 11.1. The molecule has 3 heteroatoms. The zero-order chi connectivity index (χ0) is 11.4. The Morgan fingerprint density at radius 1 is 1.19 bits per heavy atom. The third kappa shape index (κ3) is 3.81. The van der Waals surface area contributed by atoms with Gasteiger partial charge in [-0.15, -0.1) is 0 Å². The maximum Gasteiger partial charge on any atom is 0.123 e. The van der Waals surface area contributed by atoms with E-state index in [1.54, 1.807) is 0 Å². The minimum atomic E-state index is 0.621. The van der Waals surface area contributed by atoms with Gasteiger partial charge in [-0.1, -0.05) is 0 Å². The van der Waals surface area contributed by atoms with Crippen LogP contribution in [0.2, 0.25) is 0 Å². The summed E-state index contributed by atoms with van der Waals surface area (Å²) in [5.41, 5.74) is 1.99. The quantitative estimate of drug-likeness (QED) is 0.692. The van der Waals surface area contributed by atoms with Crippen molar-refractivity contribution in [1.82, 2.24) is 4.98 Å². The summed E-state index contributed by atoms with van der Waals surface area (Å²) in [6.07, 6.45) is 2.67. The Morgan fingerprint density at radius 2 is 1.88 bits per heavy atom. The van der Waals surface area contributed by atoms with Crippen molar-refractivity contribution in [3.8, 4) is 5.75 Å². The molecule has 1 heterocycles. The first-order valence-electron chi connectivity index (χ1n) is 5.90. The lowest BCUT2D eigenvalue weighted by Crippen LogP contribution is -2.08. The summed E-state index contributed by atoms with van der Waals surface area (Å²) >= 11 is 0. The highest BCUT2D eigenvalue weighted by atomic mass is 16.5. The van der Waals surface area contributed by atoms with E-state index in [1.807, 2.05) is 26.0 Å². The Labute approximate surface area is 96.8 Å². The lowest BCUT2D eigenvalue weighted by molar-refractivity contribution is 0.0927. The molecular weight excluding hydrogens is 202 g/mol. The molecule has 1 saturated carbocycles. The highest BCUT2D eigenvalue weighted by molar-refractivity contribution is 5.25. The van der Waals surface area contributed by atoms with Gasteiger partial charge >= 0.3 is 0 Å². The molecule has 0 N–H and O–H groups in total. The van der Waals surface area contributed by atoms with E-state index >= 15 is 0 Å². The van der Waals surface area contributed by atoms with Crippen LogP contribution in [0.3, 0.4) is 0 Å². The smallest absolute Gasteiger partial charge is 0.123 e. The Bertz CT molecular complexity index is 328. The van der Waals surface area contributed by atoms with Gasteiger partial charge in [0.2, 0.25) is 0 Å². The number of nitrogens with zero attached hydrogens (tertiary/aromatic N) is 1. The van der Waals surface area contributed by atoms with Gasteiger partial charge in [-0.05, 0) is 32.6 Å². The topological polar surface area (TPSA) is 31.4 Å². The molecule has 0 radical (unpaired) electrons. The van der Waals surface area contributed by atoms with Crippen LogP contribution in [0.25, 0.3) is 0 Å². The molecule has 1 aromatic heterocycles. The molecule has 0 saturated heterocycles. The fourth-order valence-electron chi connectivity index (χ4n) is 1.63. The fourth-order valence-corrected chi connectivity index (χ4v) is 1.63. The van der Waals surface area contributed by atoms with Crippen LogP contribution in [-0.4, -0.2) is 24.8 Å². The summed E-state index contributed by atoms with van der Waals surface area (Å²) in [6.45, 7) is 6.15. The zero-order valence-corrected chi connectivity index (χ0v) is 10.0. The van der Waals surface area contributed by atoms with Crippen molar-refractivity contribution in [2.75, 3.05) is 19.8 Å². The van der Waals surface area contributed by atoms with Gasteiger partial charge in [0.1, 0.15) is 12.4 Å². The molecule has 1 aromatic rings. The molecule has 0 aromatic carbocycles. The molecule has 0 aliphatic heterocycles. The van der Waals surface area contributed by atoms with Crippen LogP contribution >= 0.6 is 0 Å². The first-order valence-corrected chi connectivity index (χ1v) is 5.90. The number of aromatic nitrogens is 1. The van der Waals surface area contributed by atoms with Crippen molar-refractivity contribution in [3.63, 3.8) is 0 Å². The minimum absolute atomic E-state index is 0.621. The summed E-state index contributed by atoms with van der Waals surface area (Å²) in [4.78, 5) is 4.30. The Balaban J connectivity index is 1.67. The molecule has 16 heavy (non-hydrogen) atoms. The SMILES string of the molecule is Cc1cc(OCCOCC2CC2)cc(C)n1.